The van der Waals surface area contributed by atoms with Crippen LogP contribution < -0.4 is 10.6 Å². The first-order valence-electron chi connectivity index (χ1n) is 6.11. The minimum absolute atomic E-state index is 0.0349. The van der Waals surface area contributed by atoms with Gasteiger partial charge in [-0.05, 0) is 34.1 Å². The number of piperazine rings is 1. The summed E-state index contributed by atoms with van der Waals surface area (Å²) in [6.07, 6.45) is 0. The van der Waals surface area contributed by atoms with Gasteiger partial charge in [-0.15, -0.1) is 0 Å². The van der Waals surface area contributed by atoms with Crippen LogP contribution in [0.4, 0.5) is 5.69 Å². The van der Waals surface area contributed by atoms with E-state index in [1.165, 1.54) is 0 Å². The highest BCUT2D eigenvalue weighted by Crippen LogP contribution is 2.23. The second-order valence-corrected chi connectivity index (χ2v) is 5.24. The number of nitrogens with zero attached hydrogens (tertiary/aromatic N) is 2. The minimum Gasteiger partial charge on any atom is -0.324 e. The monoisotopic (exact) mass is 322 g/mol. The van der Waals surface area contributed by atoms with E-state index in [2.05, 4.69) is 37.5 Å². The Balaban J connectivity index is 1.93. The lowest BCUT2D eigenvalue weighted by Crippen LogP contribution is -2.46. The summed E-state index contributed by atoms with van der Waals surface area (Å²) in [7, 11) is 0. The number of hydrogen-bond donors (Lipinski definition) is 2. The van der Waals surface area contributed by atoms with Crippen LogP contribution in [0.15, 0.2) is 22.7 Å². The summed E-state index contributed by atoms with van der Waals surface area (Å²) in [5, 5.41) is 14.9. The van der Waals surface area contributed by atoms with Gasteiger partial charge < -0.3 is 10.6 Å². The zero-order valence-corrected chi connectivity index (χ0v) is 12.0. The number of anilines is 1. The number of carbonyl (C=O) groups is 1. The van der Waals surface area contributed by atoms with E-state index in [9.17, 15) is 4.79 Å². The van der Waals surface area contributed by atoms with E-state index in [-0.39, 0.29) is 5.91 Å². The summed E-state index contributed by atoms with van der Waals surface area (Å²) in [6, 6.07) is 7.17. The fraction of sp³-hybridized carbons (Fsp3) is 0.385. The Morgan fingerprint density at radius 3 is 2.84 bits per heavy atom. The smallest absolute Gasteiger partial charge is 0.238 e. The van der Waals surface area contributed by atoms with Crippen molar-refractivity contribution in [2.24, 2.45) is 0 Å². The predicted octanol–water partition coefficient (Wildman–Crippen LogP) is 1.16. The Morgan fingerprint density at radius 2 is 2.21 bits per heavy atom. The van der Waals surface area contributed by atoms with Crippen LogP contribution >= 0.6 is 15.9 Å². The van der Waals surface area contributed by atoms with Gasteiger partial charge in [-0.3, -0.25) is 9.69 Å². The number of benzene rings is 1. The van der Waals surface area contributed by atoms with Crippen molar-refractivity contribution in [2.45, 2.75) is 0 Å². The van der Waals surface area contributed by atoms with Gasteiger partial charge in [0.05, 0.1) is 23.9 Å². The maximum atomic E-state index is 11.9. The molecule has 1 aliphatic rings. The molecule has 1 heterocycles. The van der Waals surface area contributed by atoms with Crippen molar-refractivity contribution < 1.29 is 4.79 Å². The maximum absolute atomic E-state index is 11.9. The van der Waals surface area contributed by atoms with Crippen molar-refractivity contribution in [3.63, 3.8) is 0 Å². The zero-order valence-electron chi connectivity index (χ0n) is 10.4. The Morgan fingerprint density at radius 1 is 1.47 bits per heavy atom. The lowest BCUT2D eigenvalue weighted by atomic mass is 10.2. The van der Waals surface area contributed by atoms with Gasteiger partial charge in [-0.25, -0.2) is 0 Å². The molecule has 0 aliphatic carbocycles. The molecule has 100 valence electrons. The van der Waals surface area contributed by atoms with Crippen LogP contribution in [0.25, 0.3) is 0 Å². The van der Waals surface area contributed by atoms with E-state index in [1.54, 1.807) is 18.2 Å². The number of hydrogen-bond acceptors (Lipinski definition) is 4. The zero-order chi connectivity index (χ0) is 13.7. The van der Waals surface area contributed by atoms with E-state index in [4.69, 9.17) is 5.26 Å². The molecule has 1 saturated heterocycles. The average Bonchev–Trinajstić information content (AvgIpc) is 2.42. The molecule has 19 heavy (non-hydrogen) atoms. The summed E-state index contributed by atoms with van der Waals surface area (Å²) in [4.78, 5) is 14.0. The number of rotatable bonds is 3. The molecule has 5 nitrogen and oxygen atoms in total. The molecule has 1 aromatic carbocycles. The van der Waals surface area contributed by atoms with Crippen molar-refractivity contribution in [2.75, 3.05) is 38.0 Å². The fourth-order valence-electron chi connectivity index (χ4n) is 1.95. The standard InChI is InChI=1S/C13H15BrN4O/c14-11-7-10(8-15)1-2-12(11)17-13(19)9-18-5-3-16-4-6-18/h1-2,7,16H,3-6,9H2,(H,17,19). The molecule has 1 aromatic rings. The van der Waals surface area contributed by atoms with Crippen molar-refractivity contribution >= 4 is 27.5 Å². The number of amides is 1. The molecule has 0 radical (unpaired) electrons. The third-order valence-corrected chi connectivity index (χ3v) is 3.61. The number of carbonyl (C=O) groups excluding carboxylic acids is 1. The molecule has 1 amide bonds. The second kappa shape index (κ2) is 6.66. The molecule has 0 saturated carbocycles. The van der Waals surface area contributed by atoms with Crippen LogP contribution in [-0.2, 0) is 4.79 Å². The van der Waals surface area contributed by atoms with Gasteiger partial charge >= 0.3 is 0 Å². The van der Waals surface area contributed by atoms with Crippen molar-refractivity contribution in [1.82, 2.24) is 10.2 Å². The first-order chi connectivity index (χ1) is 9.19. The van der Waals surface area contributed by atoms with E-state index >= 15 is 0 Å². The molecule has 0 atom stereocenters. The van der Waals surface area contributed by atoms with Gasteiger partial charge in [0.1, 0.15) is 0 Å². The molecule has 0 spiro atoms. The van der Waals surface area contributed by atoms with Crippen molar-refractivity contribution in [3.8, 4) is 6.07 Å². The molecule has 2 N–H and O–H groups in total. The van der Waals surface area contributed by atoms with Crippen molar-refractivity contribution in [3.05, 3.63) is 28.2 Å². The van der Waals surface area contributed by atoms with Crippen LogP contribution in [0.2, 0.25) is 0 Å². The highest BCUT2D eigenvalue weighted by atomic mass is 79.9. The number of nitriles is 1. The molecule has 0 bridgehead atoms. The first kappa shape index (κ1) is 14.0. The lowest BCUT2D eigenvalue weighted by Gasteiger charge is -2.26. The molecule has 0 aromatic heterocycles. The van der Waals surface area contributed by atoms with E-state index in [1.807, 2.05) is 0 Å². The molecular weight excluding hydrogens is 308 g/mol. The topological polar surface area (TPSA) is 68.2 Å². The fourth-order valence-corrected chi connectivity index (χ4v) is 2.43. The molecule has 1 fully saturated rings. The molecule has 2 rings (SSSR count). The molecule has 0 unspecified atom stereocenters. The van der Waals surface area contributed by atoms with Crippen molar-refractivity contribution in [1.29, 1.82) is 5.26 Å². The minimum atomic E-state index is -0.0349. The number of halogens is 1. The molecule has 1 aliphatic heterocycles. The van der Waals surface area contributed by atoms with Gasteiger partial charge in [-0.2, -0.15) is 5.26 Å². The highest BCUT2D eigenvalue weighted by Gasteiger charge is 2.14. The number of nitrogens with one attached hydrogen (secondary N) is 2. The van der Waals surface area contributed by atoms with Gasteiger partial charge in [0.15, 0.2) is 0 Å². The van der Waals surface area contributed by atoms with Crippen LogP contribution in [0.3, 0.4) is 0 Å². The summed E-state index contributed by atoms with van der Waals surface area (Å²) in [5.74, 6) is -0.0349. The van der Waals surface area contributed by atoms with E-state index in [0.29, 0.717) is 17.8 Å². The van der Waals surface area contributed by atoms with Crippen LogP contribution in [-0.4, -0.2) is 43.5 Å². The van der Waals surface area contributed by atoms with Gasteiger partial charge in [-0.1, -0.05) is 0 Å². The summed E-state index contributed by atoms with van der Waals surface area (Å²) < 4.78 is 0.722. The maximum Gasteiger partial charge on any atom is 0.238 e. The highest BCUT2D eigenvalue weighted by molar-refractivity contribution is 9.10. The predicted molar refractivity (Wildman–Crippen MR) is 76.8 cm³/mol. The van der Waals surface area contributed by atoms with E-state index < -0.39 is 0 Å². The summed E-state index contributed by atoms with van der Waals surface area (Å²) in [6.45, 7) is 4.03. The Kier molecular flexibility index (Phi) is 4.91. The van der Waals surface area contributed by atoms with Crippen LogP contribution in [0, 0.1) is 11.3 Å². The van der Waals surface area contributed by atoms with Gasteiger partial charge in [0.2, 0.25) is 5.91 Å². The molecular formula is C13H15BrN4O. The Bertz CT molecular complexity index is 506. The van der Waals surface area contributed by atoms with Crippen LogP contribution in [0.5, 0.6) is 0 Å². The normalized spacial score (nSPS) is 15.8. The van der Waals surface area contributed by atoms with E-state index in [0.717, 1.165) is 30.7 Å². The second-order valence-electron chi connectivity index (χ2n) is 4.38. The Hall–Kier alpha value is -1.42. The largest absolute Gasteiger partial charge is 0.324 e. The summed E-state index contributed by atoms with van der Waals surface area (Å²) in [5.41, 5.74) is 1.26. The third-order valence-electron chi connectivity index (χ3n) is 2.95. The SMILES string of the molecule is N#Cc1ccc(NC(=O)CN2CCNCC2)c(Br)c1. The first-order valence-corrected chi connectivity index (χ1v) is 6.91. The molecule has 6 heteroatoms. The quantitative estimate of drug-likeness (QED) is 0.876. The van der Waals surface area contributed by atoms with Crippen LogP contribution in [0.1, 0.15) is 5.56 Å². The Labute approximate surface area is 120 Å². The summed E-state index contributed by atoms with van der Waals surface area (Å²) >= 11 is 3.35. The third kappa shape index (κ3) is 4.03. The average molecular weight is 323 g/mol. The van der Waals surface area contributed by atoms with Gasteiger partial charge in [0, 0.05) is 30.7 Å². The van der Waals surface area contributed by atoms with Gasteiger partial charge in [0.25, 0.3) is 0 Å². The lowest BCUT2D eigenvalue weighted by molar-refractivity contribution is -0.117.